The second kappa shape index (κ2) is 7.07. The van der Waals surface area contributed by atoms with Crippen molar-refractivity contribution in [3.05, 3.63) is 41.7 Å². The van der Waals surface area contributed by atoms with Gasteiger partial charge >= 0.3 is 0 Å². The molecule has 2 heterocycles. The normalized spacial score (nSPS) is 14.1. The Morgan fingerprint density at radius 3 is 2.64 bits per heavy atom. The van der Waals surface area contributed by atoms with Crippen molar-refractivity contribution in [1.82, 2.24) is 4.31 Å². The number of nitrogen functional groups attached to an aromatic ring is 1. The molecule has 1 aliphatic rings. The number of furan rings is 1. The molecule has 9 heteroatoms. The summed E-state index contributed by atoms with van der Waals surface area (Å²) in [6, 6.07) is 8.13. The van der Waals surface area contributed by atoms with E-state index in [2.05, 4.69) is 0 Å². The quantitative estimate of drug-likeness (QED) is 0.816. The third-order valence-corrected chi connectivity index (χ3v) is 5.75. The monoisotopic (exact) mass is 385 g/mol. The number of rotatable bonds is 3. The van der Waals surface area contributed by atoms with Gasteiger partial charge in [-0.1, -0.05) is 6.07 Å². The number of hydrogen-bond donors (Lipinski definition) is 1. The molecule has 25 heavy (non-hydrogen) atoms. The summed E-state index contributed by atoms with van der Waals surface area (Å²) in [5, 5.41) is -0.249. The van der Waals surface area contributed by atoms with Crippen LogP contribution in [0.25, 0.3) is 0 Å². The fourth-order valence-electron chi connectivity index (χ4n) is 2.75. The van der Waals surface area contributed by atoms with Crippen LogP contribution in [0.15, 0.2) is 39.8 Å². The number of fused-ring (bicyclic) bond motifs is 1. The van der Waals surface area contributed by atoms with E-state index in [0.717, 1.165) is 28.4 Å². The summed E-state index contributed by atoms with van der Waals surface area (Å²) in [5.74, 6) is -0.382. The van der Waals surface area contributed by atoms with Crippen LogP contribution in [0.3, 0.4) is 0 Å². The number of halogens is 1. The molecule has 1 aromatic heterocycles. The van der Waals surface area contributed by atoms with Gasteiger partial charge in [0.05, 0.1) is 0 Å². The van der Waals surface area contributed by atoms with Gasteiger partial charge in [0.2, 0.25) is 5.09 Å². The first kappa shape index (κ1) is 19.3. The minimum absolute atomic E-state index is 0. The van der Waals surface area contributed by atoms with E-state index in [9.17, 15) is 13.2 Å². The third kappa shape index (κ3) is 3.37. The number of nitrogens with two attached hydrogens (primary N) is 1. The smallest absolute Gasteiger partial charge is 0.294 e. The van der Waals surface area contributed by atoms with E-state index in [0.29, 0.717) is 12.2 Å². The van der Waals surface area contributed by atoms with E-state index in [1.165, 1.54) is 26.2 Å². The molecule has 0 saturated carbocycles. The number of carbonyl (C=O) groups excluding carboxylic acids is 1. The molecule has 1 aromatic carbocycles. The van der Waals surface area contributed by atoms with E-state index in [1.807, 2.05) is 12.1 Å². The molecule has 2 aromatic rings. The Morgan fingerprint density at radius 1 is 1.24 bits per heavy atom. The molecule has 7 nitrogen and oxygen atoms in total. The van der Waals surface area contributed by atoms with E-state index < -0.39 is 10.0 Å². The zero-order valence-electron chi connectivity index (χ0n) is 13.9. The molecule has 0 radical (unpaired) electrons. The second-order valence-corrected chi connectivity index (χ2v) is 7.89. The molecule has 136 valence electrons. The highest BCUT2D eigenvalue weighted by atomic mass is 35.5. The van der Waals surface area contributed by atoms with E-state index >= 15 is 0 Å². The lowest BCUT2D eigenvalue weighted by molar-refractivity contribution is 0.0953. The molecule has 1 amide bonds. The summed E-state index contributed by atoms with van der Waals surface area (Å²) in [7, 11) is -0.900. The minimum atomic E-state index is -3.71. The van der Waals surface area contributed by atoms with Gasteiger partial charge in [-0.3, -0.25) is 4.79 Å². The van der Waals surface area contributed by atoms with Crippen molar-refractivity contribution >= 4 is 39.7 Å². The lowest BCUT2D eigenvalue weighted by Crippen LogP contribution is -2.35. The van der Waals surface area contributed by atoms with Crippen molar-refractivity contribution in [3.63, 3.8) is 0 Å². The molecule has 0 fully saturated rings. The SMILES string of the molecule is CN(C)S(=O)(=O)c1ccc(C(=O)N2CCCc3c(N)cccc32)o1.Cl. The molecule has 0 atom stereocenters. The van der Waals surface area contributed by atoms with Crippen LogP contribution in [-0.2, 0) is 16.4 Å². The number of hydrogen-bond acceptors (Lipinski definition) is 5. The number of sulfonamides is 1. The number of amides is 1. The fourth-order valence-corrected chi connectivity index (χ4v) is 3.54. The fraction of sp³-hybridized carbons (Fsp3) is 0.312. The number of carbonyl (C=O) groups is 1. The maximum Gasteiger partial charge on any atom is 0.294 e. The van der Waals surface area contributed by atoms with Gasteiger partial charge in [-0.05, 0) is 42.7 Å². The molecular weight excluding hydrogens is 366 g/mol. The summed E-state index contributed by atoms with van der Waals surface area (Å²) in [4.78, 5) is 14.4. The highest BCUT2D eigenvalue weighted by Crippen LogP contribution is 2.32. The minimum Gasteiger partial charge on any atom is -0.438 e. The molecule has 0 aliphatic carbocycles. The number of nitrogens with zero attached hydrogens (tertiary/aromatic N) is 2. The predicted octanol–water partition coefficient (Wildman–Crippen LogP) is 2.13. The number of anilines is 2. The molecular formula is C16H20ClN3O4S. The Hall–Kier alpha value is -2.03. The van der Waals surface area contributed by atoms with Crippen LogP contribution >= 0.6 is 12.4 Å². The molecule has 0 spiro atoms. The van der Waals surface area contributed by atoms with Gasteiger partial charge in [-0.25, -0.2) is 12.7 Å². The number of benzene rings is 1. The van der Waals surface area contributed by atoms with Crippen molar-refractivity contribution in [1.29, 1.82) is 0 Å². The Morgan fingerprint density at radius 2 is 1.96 bits per heavy atom. The van der Waals surface area contributed by atoms with Gasteiger partial charge in [-0.2, -0.15) is 0 Å². The molecule has 2 N–H and O–H groups in total. The zero-order chi connectivity index (χ0) is 17.5. The van der Waals surface area contributed by atoms with Crippen LogP contribution in [0.4, 0.5) is 11.4 Å². The first-order valence-corrected chi connectivity index (χ1v) is 8.98. The Bertz CT molecular complexity index is 893. The lowest BCUT2D eigenvalue weighted by atomic mass is 9.99. The second-order valence-electron chi connectivity index (χ2n) is 5.81. The Labute approximate surface area is 152 Å². The van der Waals surface area contributed by atoms with E-state index in [1.54, 1.807) is 11.0 Å². The Balaban J connectivity index is 0.00000225. The highest BCUT2D eigenvalue weighted by molar-refractivity contribution is 7.88. The van der Waals surface area contributed by atoms with Crippen LogP contribution in [0, 0.1) is 0 Å². The lowest BCUT2D eigenvalue weighted by Gasteiger charge is -2.29. The third-order valence-electron chi connectivity index (χ3n) is 4.06. The van der Waals surface area contributed by atoms with E-state index in [4.69, 9.17) is 10.2 Å². The summed E-state index contributed by atoms with van der Waals surface area (Å²) < 4.78 is 30.5. The molecule has 3 rings (SSSR count). The summed E-state index contributed by atoms with van der Waals surface area (Å²) in [6.07, 6.45) is 1.60. The first-order valence-electron chi connectivity index (χ1n) is 7.54. The molecule has 0 bridgehead atoms. The predicted molar refractivity (Wildman–Crippen MR) is 97.7 cm³/mol. The Kier molecular flexibility index (Phi) is 5.46. The summed E-state index contributed by atoms with van der Waals surface area (Å²) >= 11 is 0. The van der Waals surface area contributed by atoms with Crippen molar-refractivity contribution in [2.45, 2.75) is 17.9 Å². The van der Waals surface area contributed by atoms with Crippen molar-refractivity contribution in [2.75, 3.05) is 31.3 Å². The van der Waals surface area contributed by atoms with Gasteiger partial charge in [0, 0.05) is 32.0 Å². The van der Waals surface area contributed by atoms with Crippen LogP contribution < -0.4 is 10.6 Å². The zero-order valence-corrected chi connectivity index (χ0v) is 15.6. The van der Waals surface area contributed by atoms with Crippen molar-refractivity contribution in [2.24, 2.45) is 0 Å². The summed E-state index contributed by atoms with van der Waals surface area (Å²) in [6.45, 7) is 0.533. The maximum absolute atomic E-state index is 12.8. The van der Waals surface area contributed by atoms with E-state index in [-0.39, 0.29) is 29.2 Å². The van der Waals surface area contributed by atoms with Crippen molar-refractivity contribution in [3.8, 4) is 0 Å². The first-order chi connectivity index (χ1) is 11.3. The van der Waals surface area contributed by atoms with Gasteiger partial charge in [0.15, 0.2) is 5.76 Å². The molecule has 0 unspecified atom stereocenters. The maximum atomic E-state index is 12.8. The molecule has 1 aliphatic heterocycles. The average molecular weight is 386 g/mol. The van der Waals surface area contributed by atoms with Crippen LogP contribution in [0.1, 0.15) is 22.5 Å². The highest BCUT2D eigenvalue weighted by Gasteiger charge is 2.29. The van der Waals surface area contributed by atoms with Gasteiger partial charge in [-0.15, -0.1) is 12.4 Å². The topological polar surface area (TPSA) is 96.9 Å². The van der Waals surface area contributed by atoms with Crippen molar-refractivity contribution < 1.29 is 17.6 Å². The van der Waals surface area contributed by atoms with Crippen LogP contribution in [0.5, 0.6) is 0 Å². The largest absolute Gasteiger partial charge is 0.438 e. The standard InChI is InChI=1S/C16H19N3O4S.ClH/c1-18(2)24(21,22)15-9-8-14(23-15)16(20)19-10-4-5-11-12(17)6-3-7-13(11)19;/h3,6-9H,4-5,10,17H2,1-2H3;1H. The molecule has 0 saturated heterocycles. The van der Waals surface area contributed by atoms with Crippen LogP contribution in [-0.4, -0.2) is 39.3 Å². The van der Waals surface area contributed by atoms with Gasteiger partial charge < -0.3 is 15.1 Å². The van der Waals surface area contributed by atoms with Crippen LogP contribution in [0.2, 0.25) is 0 Å². The van der Waals surface area contributed by atoms with Gasteiger partial charge in [0.1, 0.15) is 0 Å². The summed E-state index contributed by atoms with van der Waals surface area (Å²) in [5.41, 5.74) is 8.33. The van der Waals surface area contributed by atoms with Gasteiger partial charge in [0.25, 0.3) is 15.9 Å². The average Bonchev–Trinajstić information content (AvgIpc) is 3.04.